The molecule has 5 nitrogen and oxygen atoms in total. The summed E-state index contributed by atoms with van der Waals surface area (Å²) in [5, 5.41) is 18.4. The molecule has 0 amide bonds. The lowest BCUT2D eigenvalue weighted by Gasteiger charge is -2.18. The van der Waals surface area contributed by atoms with Gasteiger partial charge in [-0.25, -0.2) is 17.9 Å². The second-order valence-corrected chi connectivity index (χ2v) is 7.61. The summed E-state index contributed by atoms with van der Waals surface area (Å²) in [6.45, 7) is 2.24. The van der Waals surface area contributed by atoms with Crippen LogP contribution in [0.5, 0.6) is 0 Å². The lowest BCUT2D eigenvalue weighted by Crippen LogP contribution is -2.31. The number of primary sulfonamides is 1. The number of hydrogen-bond donors (Lipinski definition) is 3. The van der Waals surface area contributed by atoms with Crippen LogP contribution >= 0.6 is 0 Å². The Morgan fingerprint density at radius 2 is 1.88 bits per heavy atom. The Morgan fingerprint density at radius 1 is 1.20 bits per heavy atom. The maximum atomic E-state index is 13.5. The number of nitrogens with two attached hydrogens (primary N) is 1. The van der Waals surface area contributed by atoms with Crippen LogP contribution in [-0.4, -0.2) is 26.1 Å². The van der Waals surface area contributed by atoms with Crippen LogP contribution in [0.4, 0.5) is 4.39 Å². The lowest BCUT2D eigenvalue weighted by molar-refractivity contribution is 0.169. The van der Waals surface area contributed by atoms with Gasteiger partial charge in [0, 0.05) is 12.6 Å². The smallest absolute Gasteiger partial charge is 0.240 e. The predicted octanol–water partition coefficient (Wildman–Crippen LogP) is 2.12. The zero-order chi connectivity index (χ0) is 18.4. The minimum atomic E-state index is -4.17. The van der Waals surface area contributed by atoms with Crippen molar-refractivity contribution < 1.29 is 17.9 Å². The van der Waals surface area contributed by atoms with Crippen molar-refractivity contribution in [3.63, 3.8) is 0 Å². The summed E-state index contributed by atoms with van der Waals surface area (Å²) < 4.78 is 36.3. The average Bonchev–Trinajstić information content (AvgIpc) is 2.58. The summed E-state index contributed by atoms with van der Waals surface area (Å²) in [6.07, 6.45) is 0.847. The van der Waals surface area contributed by atoms with Gasteiger partial charge in [-0.15, -0.1) is 0 Å². The van der Waals surface area contributed by atoms with E-state index in [1.165, 1.54) is 11.6 Å². The highest BCUT2D eigenvalue weighted by Crippen LogP contribution is 2.20. The van der Waals surface area contributed by atoms with E-state index < -0.39 is 26.8 Å². The third kappa shape index (κ3) is 5.89. The Bertz CT molecular complexity index is 797. The largest absolute Gasteiger partial charge is 0.387 e. The molecule has 2 rings (SSSR count). The van der Waals surface area contributed by atoms with Crippen LogP contribution in [0, 0.1) is 5.82 Å². The van der Waals surface area contributed by atoms with Crippen LogP contribution in [0.1, 0.15) is 30.6 Å². The molecule has 2 unspecified atom stereocenters. The zero-order valence-corrected chi connectivity index (χ0v) is 14.8. The summed E-state index contributed by atoms with van der Waals surface area (Å²) in [5.41, 5.74) is 1.54. The van der Waals surface area contributed by atoms with Crippen molar-refractivity contribution in [2.24, 2.45) is 5.14 Å². The van der Waals surface area contributed by atoms with E-state index in [-0.39, 0.29) is 12.6 Å². The Morgan fingerprint density at radius 3 is 2.52 bits per heavy atom. The molecule has 136 valence electrons. The summed E-state index contributed by atoms with van der Waals surface area (Å²) >= 11 is 0. The number of aliphatic hydroxyl groups excluding tert-OH is 1. The number of sulfonamides is 1. The van der Waals surface area contributed by atoms with Gasteiger partial charge in [0.2, 0.25) is 10.0 Å². The van der Waals surface area contributed by atoms with Crippen molar-refractivity contribution in [2.45, 2.75) is 36.8 Å². The molecule has 7 heteroatoms. The van der Waals surface area contributed by atoms with Gasteiger partial charge in [-0.05, 0) is 43.0 Å². The molecule has 0 aliphatic carbocycles. The summed E-state index contributed by atoms with van der Waals surface area (Å²) in [5.74, 6) is -0.928. The van der Waals surface area contributed by atoms with Gasteiger partial charge in [-0.3, -0.25) is 0 Å². The van der Waals surface area contributed by atoms with Crippen LogP contribution in [0.25, 0.3) is 0 Å². The molecule has 25 heavy (non-hydrogen) atoms. The molecular formula is C18H23FN2O3S. The van der Waals surface area contributed by atoms with Gasteiger partial charge in [-0.2, -0.15) is 0 Å². The van der Waals surface area contributed by atoms with E-state index in [9.17, 15) is 17.9 Å². The highest BCUT2D eigenvalue weighted by atomic mass is 32.2. The van der Waals surface area contributed by atoms with E-state index >= 15 is 0 Å². The second-order valence-electron chi connectivity index (χ2n) is 6.08. The SMILES string of the molecule is CC(CCc1ccccc1)NCC(O)c1ccc(F)c(S(N)(=O)=O)c1. The van der Waals surface area contributed by atoms with Gasteiger partial charge >= 0.3 is 0 Å². The Labute approximate surface area is 147 Å². The van der Waals surface area contributed by atoms with Gasteiger partial charge in [0.25, 0.3) is 0 Å². The molecule has 0 bridgehead atoms. The fourth-order valence-electron chi connectivity index (χ4n) is 2.51. The van der Waals surface area contributed by atoms with Crippen LogP contribution in [0.15, 0.2) is 53.4 Å². The molecule has 0 aliphatic rings. The molecule has 2 aromatic rings. The molecule has 2 atom stereocenters. The zero-order valence-electron chi connectivity index (χ0n) is 14.0. The molecular weight excluding hydrogens is 343 g/mol. The minimum absolute atomic E-state index is 0.160. The van der Waals surface area contributed by atoms with Crippen molar-refractivity contribution in [3.05, 3.63) is 65.5 Å². The molecule has 0 radical (unpaired) electrons. The van der Waals surface area contributed by atoms with Crippen LogP contribution in [0.2, 0.25) is 0 Å². The van der Waals surface area contributed by atoms with Crippen molar-refractivity contribution >= 4 is 10.0 Å². The maximum Gasteiger partial charge on any atom is 0.240 e. The maximum absolute atomic E-state index is 13.5. The van der Waals surface area contributed by atoms with Crippen LogP contribution in [0.3, 0.4) is 0 Å². The molecule has 0 aliphatic heterocycles. The fraction of sp³-hybridized carbons (Fsp3) is 0.333. The van der Waals surface area contributed by atoms with Crippen LogP contribution < -0.4 is 10.5 Å². The molecule has 0 saturated heterocycles. The van der Waals surface area contributed by atoms with E-state index in [1.54, 1.807) is 0 Å². The monoisotopic (exact) mass is 366 g/mol. The highest BCUT2D eigenvalue weighted by molar-refractivity contribution is 7.89. The number of nitrogens with one attached hydrogen (secondary N) is 1. The van der Waals surface area contributed by atoms with Crippen molar-refractivity contribution in [2.75, 3.05) is 6.54 Å². The molecule has 0 spiro atoms. The first-order valence-corrected chi connectivity index (χ1v) is 9.59. The first kappa shape index (κ1) is 19.5. The standard InChI is InChI=1S/C18H23FN2O3S/c1-13(7-8-14-5-3-2-4-6-14)21-12-17(22)15-9-10-16(19)18(11-15)25(20,23)24/h2-6,9-11,13,17,21-22H,7-8,12H2,1H3,(H2,20,23,24). The summed E-state index contributed by atoms with van der Waals surface area (Å²) in [6, 6.07) is 13.7. The van der Waals surface area contributed by atoms with Gasteiger partial charge in [-0.1, -0.05) is 36.4 Å². The molecule has 0 aromatic heterocycles. The molecule has 0 heterocycles. The van der Waals surface area contributed by atoms with E-state index in [0.29, 0.717) is 5.56 Å². The van der Waals surface area contributed by atoms with Gasteiger partial charge in [0.15, 0.2) is 0 Å². The third-order valence-electron chi connectivity index (χ3n) is 4.02. The Kier molecular flexibility index (Phi) is 6.66. The fourth-order valence-corrected chi connectivity index (χ4v) is 3.15. The molecule has 4 N–H and O–H groups in total. The number of hydrogen-bond acceptors (Lipinski definition) is 4. The van der Waals surface area contributed by atoms with Gasteiger partial charge < -0.3 is 10.4 Å². The molecule has 0 saturated carbocycles. The molecule has 2 aromatic carbocycles. The second kappa shape index (κ2) is 8.53. The van der Waals surface area contributed by atoms with E-state index in [2.05, 4.69) is 17.4 Å². The highest BCUT2D eigenvalue weighted by Gasteiger charge is 2.18. The Hall–Kier alpha value is -1.80. The van der Waals surface area contributed by atoms with Gasteiger partial charge in [0.05, 0.1) is 6.10 Å². The number of aliphatic hydroxyl groups is 1. The average molecular weight is 366 g/mol. The summed E-state index contributed by atoms with van der Waals surface area (Å²) in [7, 11) is -4.17. The van der Waals surface area contributed by atoms with Crippen molar-refractivity contribution in [1.82, 2.24) is 5.32 Å². The van der Waals surface area contributed by atoms with Crippen molar-refractivity contribution in [3.8, 4) is 0 Å². The third-order valence-corrected chi connectivity index (χ3v) is 4.94. The minimum Gasteiger partial charge on any atom is -0.387 e. The van der Waals surface area contributed by atoms with Crippen molar-refractivity contribution in [1.29, 1.82) is 0 Å². The number of halogens is 1. The Balaban J connectivity index is 1.90. The van der Waals surface area contributed by atoms with E-state index in [1.807, 2.05) is 25.1 Å². The number of rotatable bonds is 8. The normalized spacial score (nSPS) is 14.2. The van der Waals surface area contributed by atoms with E-state index in [4.69, 9.17) is 5.14 Å². The first-order valence-electron chi connectivity index (χ1n) is 8.05. The summed E-state index contributed by atoms with van der Waals surface area (Å²) in [4.78, 5) is -0.610. The number of aryl methyl sites for hydroxylation is 1. The van der Waals surface area contributed by atoms with E-state index in [0.717, 1.165) is 25.0 Å². The van der Waals surface area contributed by atoms with Crippen LogP contribution in [-0.2, 0) is 16.4 Å². The lowest BCUT2D eigenvalue weighted by atomic mass is 10.1. The number of benzene rings is 2. The predicted molar refractivity (Wildman–Crippen MR) is 95.0 cm³/mol. The topological polar surface area (TPSA) is 92.4 Å². The first-order chi connectivity index (χ1) is 11.8. The van der Waals surface area contributed by atoms with Gasteiger partial charge in [0.1, 0.15) is 10.7 Å². The molecule has 0 fully saturated rings. The quantitative estimate of drug-likeness (QED) is 0.667.